The molecule has 7 heterocycles. The summed E-state index contributed by atoms with van der Waals surface area (Å²) in [4.78, 5) is 44.2. The Morgan fingerprint density at radius 1 is 0.636 bits per heavy atom. The van der Waals surface area contributed by atoms with Gasteiger partial charge in [0.25, 0.3) is 0 Å². The van der Waals surface area contributed by atoms with Crippen LogP contribution in [0.1, 0.15) is 71.6 Å². The standard InChI is InChI=1S/C42H40N18O4S2/c1-5-7-13-27-33(51-53-37-23(39(61)63-3)20-47-59(37)41-49-25-15-9-11-17-29(25)65-41)35(43)57(55-27)31-19-32(46-22-45-31)58-36(44)34(28(56-58)14-8-6-2)52-54-38-24(40(62)64-4)21-48-60(38)42-50-26-16-10-12-18-30(26)66-42/h9-12,15-22H,5-8,13-14,43-44H2,1-4H3. The summed E-state index contributed by atoms with van der Waals surface area (Å²) in [5.74, 6) is -0.297. The van der Waals surface area contributed by atoms with E-state index in [1.807, 2.05) is 48.5 Å². The molecule has 7 aromatic heterocycles. The highest BCUT2D eigenvalue weighted by atomic mass is 32.1. The van der Waals surface area contributed by atoms with Gasteiger partial charge in [0.2, 0.25) is 10.3 Å². The summed E-state index contributed by atoms with van der Waals surface area (Å²) in [6.07, 6.45) is 8.36. The molecule has 0 aliphatic carbocycles. The van der Waals surface area contributed by atoms with Crippen LogP contribution in [-0.4, -0.2) is 85.2 Å². The highest BCUT2D eigenvalue weighted by Crippen LogP contribution is 2.37. The summed E-state index contributed by atoms with van der Waals surface area (Å²) < 4.78 is 17.7. The second-order valence-corrected chi connectivity index (χ2v) is 16.5. The van der Waals surface area contributed by atoms with Crippen LogP contribution in [0.3, 0.4) is 0 Å². The number of hydrogen-bond acceptors (Lipinski definition) is 20. The SMILES string of the molecule is CCCCc1nn(-c2cc(-n3nc(CCCC)c(N=Nc4c(C(=O)OC)cnn4-c4nc5ccccc5s4)c3N)ncn2)c(N)c1N=Nc1c(C(=O)OC)cnn1-c1nc2ccccc2s1. The number of carbonyl (C=O) groups excluding carboxylic acids is 2. The number of benzene rings is 2. The third-order valence-electron chi connectivity index (χ3n) is 10.3. The Balaban J connectivity index is 1.09. The summed E-state index contributed by atoms with van der Waals surface area (Å²) in [5.41, 5.74) is 17.0. The number of azo groups is 2. The lowest BCUT2D eigenvalue weighted by Crippen LogP contribution is -2.09. The quantitative estimate of drug-likeness (QED) is 0.0677. The zero-order valence-electron chi connectivity index (χ0n) is 35.9. The Morgan fingerprint density at radius 3 is 1.48 bits per heavy atom. The highest BCUT2D eigenvalue weighted by Gasteiger charge is 2.26. The molecule has 66 heavy (non-hydrogen) atoms. The Morgan fingerprint density at radius 2 is 1.08 bits per heavy atom. The van der Waals surface area contributed by atoms with Crippen molar-refractivity contribution in [2.24, 2.45) is 20.5 Å². The average molecular weight is 925 g/mol. The van der Waals surface area contributed by atoms with Gasteiger partial charge in [0.05, 0.1) is 58.4 Å². The Kier molecular flexibility index (Phi) is 12.1. The molecule has 9 aromatic rings. The number of hydrogen-bond donors (Lipinski definition) is 2. The minimum absolute atomic E-state index is 0.0822. The maximum atomic E-state index is 12.9. The number of carbonyl (C=O) groups is 2. The van der Waals surface area contributed by atoms with E-state index >= 15 is 0 Å². The summed E-state index contributed by atoms with van der Waals surface area (Å²) in [7, 11) is 2.55. The van der Waals surface area contributed by atoms with Crippen LogP contribution < -0.4 is 11.5 Å². The van der Waals surface area contributed by atoms with Gasteiger partial charge in [-0.05, 0) is 49.9 Å². The molecule has 24 heteroatoms. The largest absolute Gasteiger partial charge is 0.465 e. The van der Waals surface area contributed by atoms with Gasteiger partial charge >= 0.3 is 11.9 Å². The number of aryl methyl sites for hydroxylation is 2. The first kappa shape index (κ1) is 43.1. The molecule has 0 amide bonds. The van der Waals surface area contributed by atoms with Crippen LogP contribution in [0.25, 0.3) is 42.3 Å². The minimum atomic E-state index is -0.651. The van der Waals surface area contributed by atoms with E-state index in [4.69, 9.17) is 41.1 Å². The summed E-state index contributed by atoms with van der Waals surface area (Å²) in [6, 6.07) is 16.9. The van der Waals surface area contributed by atoms with Crippen LogP contribution in [0.15, 0.2) is 93.8 Å². The number of nitrogen functional groups attached to an aromatic ring is 2. The molecule has 22 nitrogen and oxygen atoms in total. The van der Waals surface area contributed by atoms with E-state index in [9.17, 15) is 9.59 Å². The first-order chi connectivity index (χ1) is 32.2. The first-order valence-electron chi connectivity index (χ1n) is 20.7. The maximum Gasteiger partial charge on any atom is 0.343 e. The Bertz CT molecular complexity index is 3040. The van der Waals surface area contributed by atoms with E-state index < -0.39 is 11.9 Å². The number of nitrogens with zero attached hydrogens (tertiary/aromatic N) is 16. The zero-order valence-corrected chi connectivity index (χ0v) is 37.6. The van der Waals surface area contributed by atoms with Crippen LogP contribution in [0.2, 0.25) is 0 Å². The molecule has 0 fully saturated rings. The van der Waals surface area contributed by atoms with Crippen molar-refractivity contribution in [2.45, 2.75) is 52.4 Å². The normalized spacial score (nSPS) is 11.8. The van der Waals surface area contributed by atoms with Crippen molar-refractivity contribution >= 4 is 89.7 Å². The van der Waals surface area contributed by atoms with Gasteiger partial charge in [-0.15, -0.1) is 20.5 Å². The zero-order chi connectivity index (χ0) is 45.9. The molecule has 0 aliphatic rings. The number of unbranched alkanes of at least 4 members (excludes halogenated alkanes) is 2. The smallest absolute Gasteiger partial charge is 0.343 e. The second-order valence-electron chi connectivity index (χ2n) is 14.5. The number of aromatic nitrogens is 12. The van der Waals surface area contributed by atoms with Crippen molar-refractivity contribution in [3.8, 4) is 21.9 Å². The second kappa shape index (κ2) is 18.5. The van der Waals surface area contributed by atoms with Gasteiger partial charge in [-0.25, -0.2) is 29.5 Å². The molecule has 0 saturated heterocycles. The number of rotatable bonds is 16. The van der Waals surface area contributed by atoms with Crippen molar-refractivity contribution in [1.29, 1.82) is 0 Å². The Labute approximate surface area is 382 Å². The summed E-state index contributed by atoms with van der Waals surface area (Å²) >= 11 is 2.76. The number of anilines is 2. The fourth-order valence-electron chi connectivity index (χ4n) is 6.86. The number of ether oxygens (including phenoxy) is 2. The number of thiazole rings is 2. The van der Waals surface area contributed by atoms with E-state index in [2.05, 4.69) is 54.5 Å². The van der Waals surface area contributed by atoms with Crippen molar-refractivity contribution in [2.75, 3.05) is 25.7 Å². The van der Waals surface area contributed by atoms with E-state index in [1.165, 1.54) is 74.3 Å². The van der Waals surface area contributed by atoms with Gasteiger partial charge in [0.1, 0.15) is 17.5 Å². The Hall–Kier alpha value is -8.12. The molecule has 2 aromatic carbocycles. The van der Waals surface area contributed by atoms with Gasteiger partial charge < -0.3 is 20.9 Å². The fraction of sp³-hybridized carbons (Fsp3) is 0.238. The van der Waals surface area contributed by atoms with Gasteiger partial charge in [0.15, 0.2) is 46.3 Å². The summed E-state index contributed by atoms with van der Waals surface area (Å²) in [5, 5.41) is 37.7. The number of nitrogens with two attached hydrogens (primary N) is 2. The predicted molar refractivity (Wildman–Crippen MR) is 247 cm³/mol. The van der Waals surface area contributed by atoms with Crippen molar-refractivity contribution in [3.63, 3.8) is 0 Å². The first-order valence-corrected chi connectivity index (χ1v) is 22.3. The van der Waals surface area contributed by atoms with E-state index in [-0.39, 0.29) is 57.4 Å². The van der Waals surface area contributed by atoms with Gasteiger partial charge in [-0.3, -0.25) is 0 Å². The topological polar surface area (TPSA) is 277 Å². The van der Waals surface area contributed by atoms with E-state index in [0.717, 1.165) is 46.1 Å². The third kappa shape index (κ3) is 8.13. The lowest BCUT2D eigenvalue weighted by atomic mass is 10.2. The van der Waals surface area contributed by atoms with Crippen molar-refractivity contribution < 1.29 is 19.1 Å². The van der Waals surface area contributed by atoms with Crippen LogP contribution in [0.5, 0.6) is 0 Å². The number of methoxy groups -OCH3 is 2. The lowest BCUT2D eigenvalue weighted by molar-refractivity contribution is 0.0592. The molecular formula is C42H40N18O4S2. The summed E-state index contributed by atoms with van der Waals surface area (Å²) in [6.45, 7) is 4.12. The molecule has 0 saturated carbocycles. The fourth-order valence-corrected chi connectivity index (χ4v) is 8.71. The number of fused-ring (bicyclic) bond motifs is 2. The third-order valence-corrected chi connectivity index (χ3v) is 12.3. The molecule has 0 aliphatic heterocycles. The molecule has 0 unspecified atom stereocenters. The molecule has 9 rings (SSSR count). The molecule has 0 spiro atoms. The monoisotopic (exact) mass is 924 g/mol. The van der Waals surface area contributed by atoms with Gasteiger partial charge in [0, 0.05) is 6.07 Å². The van der Waals surface area contributed by atoms with Crippen LogP contribution in [-0.2, 0) is 22.3 Å². The number of para-hydroxylation sites is 2. The maximum absolute atomic E-state index is 12.9. The predicted octanol–water partition coefficient (Wildman–Crippen LogP) is 8.69. The number of esters is 2. The molecule has 4 N–H and O–H groups in total. The van der Waals surface area contributed by atoms with Crippen molar-refractivity contribution in [1.82, 2.24) is 59.1 Å². The minimum Gasteiger partial charge on any atom is -0.465 e. The molecule has 334 valence electrons. The molecule has 0 radical (unpaired) electrons. The highest BCUT2D eigenvalue weighted by molar-refractivity contribution is 7.21. The average Bonchev–Trinajstić information content (AvgIpc) is 4.21. The lowest BCUT2D eigenvalue weighted by Gasteiger charge is -2.06. The van der Waals surface area contributed by atoms with Crippen LogP contribution in [0.4, 0.5) is 34.6 Å². The van der Waals surface area contributed by atoms with Crippen LogP contribution >= 0.6 is 22.7 Å². The molecule has 0 atom stereocenters. The molecule has 0 bridgehead atoms. The van der Waals surface area contributed by atoms with E-state index in [1.54, 1.807) is 6.07 Å². The van der Waals surface area contributed by atoms with E-state index in [0.29, 0.717) is 34.5 Å². The van der Waals surface area contributed by atoms with Gasteiger partial charge in [-0.2, -0.15) is 39.1 Å². The van der Waals surface area contributed by atoms with Crippen LogP contribution in [0, 0.1) is 0 Å². The van der Waals surface area contributed by atoms with Crippen molar-refractivity contribution in [3.05, 3.63) is 95.8 Å². The molecular weight excluding hydrogens is 885 g/mol. The van der Waals surface area contributed by atoms with Gasteiger partial charge in [-0.1, -0.05) is 73.6 Å².